The van der Waals surface area contributed by atoms with Crippen LogP contribution in [-0.2, 0) is 9.53 Å². The van der Waals surface area contributed by atoms with Gasteiger partial charge >= 0.3 is 5.97 Å². The average Bonchev–Trinajstić information content (AvgIpc) is 2.49. The summed E-state index contributed by atoms with van der Waals surface area (Å²) in [4.78, 5) is 11.5. The Hall–Kier alpha value is -2.36. The maximum Gasteiger partial charge on any atom is 0.307 e. The number of hydrogen-bond donors (Lipinski definition) is 1. The number of esters is 1. The van der Waals surface area contributed by atoms with Crippen molar-refractivity contribution in [3.8, 4) is 0 Å². The van der Waals surface area contributed by atoms with E-state index in [1.165, 1.54) is 13.2 Å². The first-order valence-corrected chi connectivity index (χ1v) is 6.33. The zero-order valence-electron chi connectivity index (χ0n) is 11.2. The highest BCUT2D eigenvalue weighted by Crippen LogP contribution is 2.24. The van der Waals surface area contributed by atoms with Crippen LogP contribution < -0.4 is 5.32 Å². The van der Waals surface area contributed by atoms with E-state index in [-0.39, 0.29) is 24.2 Å². The number of ether oxygens (including phenoxy) is 1. The van der Waals surface area contributed by atoms with Crippen LogP contribution in [0, 0.1) is 5.82 Å². The van der Waals surface area contributed by atoms with E-state index >= 15 is 0 Å². The van der Waals surface area contributed by atoms with Crippen LogP contribution in [0.2, 0.25) is 0 Å². The standard InChI is InChI=1S/C16H16FNO2/c1-20-16(19)11-15(12-7-3-2-4-8-12)18-14-10-6-5-9-13(14)17/h2-10,15,18H,11H2,1H3. The Kier molecular flexibility index (Phi) is 4.71. The van der Waals surface area contributed by atoms with Crippen molar-refractivity contribution >= 4 is 11.7 Å². The molecule has 0 spiro atoms. The van der Waals surface area contributed by atoms with E-state index in [4.69, 9.17) is 4.74 Å². The van der Waals surface area contributed by atoms with Crippen LogP contribution in [0.25, 0.3) is 0 Å². The fourth-order valence-electron chi connectivity index (χ4n) is 1.95. The van der Waals surface area contributed by atoms with Gasteiger partial charge in [-0.05, 0) is 17.7 Å². The maximum absolute atomic E-state index is 13.7. The summed E-state index contributed by atoms with van der Waals surface area (Å²) < 4.78 is 18.4. The van der Waals surface area contributed by atoms with E-state index in [1.807, 2.05) is 30.3 Å². The molecule has 0 heterocycles. The summed E-state index contributed by atoms with van der Waals surface area (Å²) in [5.41, 5.74) is 1.27. The Morgan fingerprint density at radius 2 is 1.80 bits per heavy atom. The fraction of sp³-hybridized carbons (Fsp3) is 0.188. The second-order valence-electron chi connectivity index (χ2n) is 4.37. The second-order valence-corrected chi connectivity index (χ2v) is 4.37. The van der Waals surface area contributed by atoms with Gasteiger partial charge in [-0.15, -0.1) is 0 Å². The minimum atomic E-state index is -0.349. The number of anilines is 1. The number of methoxy groups -OCH3 is 1. The van der Waals surface area contributed by atoms with E-state index in [1.54, 1.807) is 18.2 Å². The van der Waals surface area contributed by atoms with Gasteiger partial charge in [0.2, 0.25) is 0 Å². The molecule has 0 amide bonds. The molecule has 2 aromatic rings. The van der Waals surface area contributed by atoms with Crippen molar-refractivity contribution in [2.24, 2.45) is 0 Å². The summed E-state index contributed by atoms with van der Waals surface area (Å²) in [5, 5.41) is 3.05. The Labute approximate surface area is 117 Å². The first-order chi connectivity index (χ1) is 9.70. The topological polar surface area (TPSA) is 38.3 Å². The predicted octanol–water partition coefficient (Wildman–Crippen LogP) is 3.54. The van der Waals surface area contributed by atoms with E-state index in [0.717, 1.165) is 5.56 Å². The zero-order chi connectivity index (χ0) is 14.4. The molecule has 1 unspecified atom stereocenters. The molecular formula is C16H16FNO2. The van der Waals surface area contributed by atoms with Crippen molar-refractivity contribution in [1.82, 2.24) is 0 Å². The summed E-state index contributed by atoms with van der Waals surface area (Å²) in [6, 6.07) is 15.5. The quantitative estimate of drug-likeness (QED) is 0.847. The SMILES string of the molecule is COC(=O)CC(Nc1ccccc1F)c1ccccc1. The molecule has 0 aliphatic carbocycles. The number of carbonyl (C=O) groups is 1. The number of carbonyl (C=O) groups excluding carboxylic acids is 1. The molecule has 2 rings (SSSR count). The van der Waals surface area contributed by atoms with Gasteiger partial charge < -0.3 is 10.1 Å². The van der Waals surface area contributed by atoms with Crippen molar-refractivity contribution in [2.75, 3.05) is 12.4 Å². The van der Waals surface area contributed by atoms with Gasteiger partial charge in [-0.25, -0.2) is 4.39 Å². The van der Waals surface area contributed by atoms with Crippen LogP contribution in [0.3, 0.4) is 0 Å². The molecule has 0 saturated carbocycles. The smallest absolute Gasteiger partial charge is 0.307 e. The van der Waals surface area contributed by atoms with Crippen molar-refractivity contribution in [2.45, 2.75) is 12.5 Å². The van der Waals surface area contributed by atoms with E-state index < -0.39 is 0 Å². The predicted molar refractivity (Wildman–Crippen MR) is 75.8 cm³/mol. The molecule has 20 heavy (non-hydrogen) atoms. The van der Waals surface area contributed by atoms with Crippen LogP contribution >= 0.6 is 0 Å². The summed E-state index contributed by atoms with van der Waals surface area (Å²) in [5.74, 6) is -0.694. The number of hydrogen-bond acceptors (Lipinski definition) is 3. The third-order valence-electron chi connectivity index (χ3n) is 3.00. The number of halogens is 1. The van der Waals surface area contributed by atoms with Crippen LogP contribution in [-0.4, -0.2) is 13.1 Å². The van der Waals surface area contributed by atoms with Gasteiger partial charge in [0.25, 0.3) is 0 Å². The Balaban J connectivity index is 2.23. The highest BCUT2D eigenvalue weighted by atomic mass is 19.1. The summed E-state index contributed by atoms with van der Waals surface area (Å²) in [6.07, 6.45) is 0.134. The van der Waals surface area contributed by atoms with Crippen LogP contribution in [0.4, 0.5) is 10.1 Å². The molecule has 0 aliphatic heterocycles. The van der Waals surface area contributed by atoms with Gasteiger partial charge in [0.05, 0.1) is 25.3 Å². The molecule has 0 aliphatic rings. The molecule has 0 radical (unpaired) electrons. The Morgan fingerprint density at radius 3 is 2.45 bits per heavy atom. The molecule has 0 bridgehead atoms. The molecule has 0 saturated heterocycles. The third kappa shape index (κ3) is 3.57. The summed E-state index contributed by atoms with van der Waals surface area (Å²) in [7, 11) is 1.34. The van der Waals surface area contributed by atoms with Gasteiger partial charge in [0.15, 0.2) is 0 Å². The van der Waals surface area contributed by atoms with Gasteiger partial charge in [0.1, 0.15) is 5.82 Å². The van der Waals surface area contributed by atoms with Crippen molar-refractivity contribution in [3.63, 3.8) is 0 Å². The van der Waals surface area contributed by atoms with Gasteiger partial charge in [-0.3, -0.25) is 4.79 Å². The molecule has 1 N–H and O–H groups in total. The van der Waals surface area contributed by atoms with Gasteiger partial charge in [-0.1, -0.05) is 42.5 Å². The largest absolute Gasteiger partial charge is 0.469 e. The van der Waals surface area contributed by atoms with E-state index in [2.05, 4.69) is 5.32 Å². The van der Waals surface area contributed by atoms with E-state index in [9.17, 15) is 9.18 Å². The fourth-order valence-corrected chi connectivity index (χ4v) is 1.95. The molecule has 3 nitrogen and oxygen atoms in total. The Morgan fingerprint density at radius 1 is 1.15 bits per heavy atom. The molecule has 4 heteroatoms. The highest BCUT2D eigenvalue weighted by molar-refractivity contribution is 5.71. The molecule has 104 valence electrons. The molecule has 0 aromatic heterocycles. The molecule has 0 fully saturated rings. The first kappa shape index (κ1) is 14.1. The lowest BCUT2D eigenvalue weighted by Gasteiger charge is -2.19. The highest BCUT2D eigenvalue weighted by Gasteiger charge is 2.17. The van der Waals surface area contributed by atoms with Crippen molar-refractivity contribution in [3.05, 3.63) is 66.0 Å². The number of para-hydroxylation sites is 1. The minimum Gasteiger partial charge on any atom is -0.469 e. The molecule has 1 atom stereocenters. The number of benzene rings is 2. The normalized spacial score (nSPS) is 11.7. The third-order valence-corrected chi connectivity index (χ3v) is 3.00. The summed E-state index contributed by atoms with van der Waals surface area (Å²) in [6.45, 7) is 0. The lowest BCUT2D eigenvalue weighted by Crippen LogP contribution is -2.17. The number of nitrogens with one attached hydrogen (secondary N) is 1. The summed E-state index contributed by atoms with van der Waals surface area (Å²) >= 11 is 0. The van der Waals surface area contributed by atoms with Crippen LogP contribution in [0.15, 0.2) is 54.6 Å². The van der Waals surface area contributed by atoms with Crippen LogP contribution in [0.5, 0.6) is 0 Å². The minimum absolute atomic E-state index is 0.134. The van der Waals surface area contributed by atoms with Crippen LogP contribution in [0.1, 0.15) is 18.0 Å². The monoisotopic (exact) mass is 273 g/mol. The van der Waals surface area contributed by atoms with Crippen molar-refractivity contribution in [1.29, 1.82) is 0 Å². The van der Waals surface area contributed by atoms with Crippen molar-refractivity contribution < 1.29 is 13.9 Å². The first-order valence-electron chi connectivity index (χ1n) is 6.33. The number of rotatable bonds is 5. The zero-order valence-corrected chi connectivity index (χ0v) is 11.2. The Bertz CT molecular complexity index is 572. The maximum atomic E-state index is 13.7. The molecular weight excluding hydrogens is 257 g/mol. The average molecular weight is 273 g/mol. The second kappa shape index (κ2) is 6.70. The molecule has 2 aromatic carbocycles. The van der Waals surface area contributed by atoms with E-state index in [0.29, 0.717) is 5.69 Å². The van der Waals surface area contributed by atoms with Gasteiger partial charge in [-0.2, -0.15) is 0 Å². The lowest BCUT2D eigenvalue weighted by atomic mass is 10.0. The van der Waals surface area contributed by atoms with Gasteiger partial charge in [0, 0.05) is 0 Å². The lowest BCUT2D eigenvalue weighted by molar-refractivity contribution is -0.140.